The summed E-state index contributed by atoms with van der Waals surface area (Å²) >= 11 is 7.47. The normalized spacial score (nSPS) is 11.7. The third-order valence-corrected chi connectivity index (χ3v) is 5.97. The number of amides is 2. The van der Waals surface area contributed by atoms with Crippen molar-refractivity contribution < 1.29 is 9.59 Å². The number of nitrogens with one attached hydrogen (secondary N) is 1. The van der Waals surface area contributed by atoms with E-state index in [0.29, 0.717) is 23.9 Å². The number of nitrogens with zero attached hydrogens (tertiary/aromatic N) is 1. The number of halogens is 1. The lowest BCUT2D eigenvalue weighted by Crippen LogP contribution is -2.48. The van der Waals surface area contributed by atoms with Crippen LogP contribution < -0.4 is 5.32 Å². The third-order valence-electron chi connectivity index (χ3n) is 4.73. The van der Waals surface area contributed by atoms with Crippen LogP contribution in [0.1, 0.15) is 37.0 Å². The standard InChI is InChI=1S/C23H29ClN2O2S/c1-4-13-25-23(28)18(3)26(14-20-8-6-5-7-17(20)2)22(27)16-29-15-19-9-11-21(24)12-10-19/h5-12,18H,4,13-16H2,1-3H3,(H,25,28)/t18-/m0/s1. The monoisotopic (exact) mass is 432 g/mol. The molecule has 0 aliphatic carbocycles. The Kier molecular flexibility index (Phi) is 9.55. The number of thioether (sulfide) groups is 1. The van der Waals surface area contributed by atoms with Crippen molar-refractivity contribution in [2.75, 3.05) is 12.3 Å². The van der Waals surface area contributed by atoms with Crippen LogP contribution in [0.4, 0.5) is 0 Å². The molecule has 156 valence electrons. The average Bonchev–Trinajstić information content (AvgIpc) is 2.72. The molecular weight excluding hydrogens is 404 g/mol. The van der Waals surface area contributed by atoms with E-state index in [1.165, 1.54) is 0 Å². The van der Waals surface area contributed by atoms with Crippen molar-refractivity contribution in [3.05, 3.63) is 70.2 Å². The van der Waals surface area contributed by atoms with Crippen LogP contribution in [-0.4, -0.2) is 35.1 Å². The van der Waals surface area contributed by atoms with Crippen molar-refractivity contribution in [2.45, 2.75) is 45.5 Å². The van der Waals surface area contributed by atoms with Gasteiger partial charge in [0.2, 0.25) is 11.8 Å². The van der Waals surface area contributed by atoms with E-state index in [1.54, 1.807) is 23.6 Å². The molecule has 2 aromatic carbocycles. The maximum absolute atomic E-state index is 13.0. The van der Waals surface area contributed by atoms with Crippen molar-refractivity contribution in [2.24, 2.45) is 0 Å². The molecule has 0 aromatic heterocycles. The molecule has 1 N–H and O–H groups in total. The van der Waals surface area contributed by atoms with E-state index in [2.05, 4.69) is 5.32 Å². The molecule has 0 spiro atoms. The van der Waals surface area contributed by atoms with Gasteiger partial charge in [0, 0.05) is 23.9 Å². The van der Waals surface area contributed by atoms with Crippen molar-refractivity contribution >= 4 is 35.2 Å². The molecule has 0 radical (unpaired) electrons. The van der Waals surface area contributed by atoms with Crippen LogP contribution in [0.5, 0.6) is 0 Å². The molecule has 6 heteroatoms. The van der Waals surface area contributed by atoms with Crippen molar-refractivity contribution in [3.8, 4) is 0 Å². The van der Waals surface area contributed by atoms with Crippen molar-refractivity contribution in [3.63, 3.8) is 0 Å². The smallest absolute Gasteiger partial charge is 0.242 e. The first-order valence-corrected chi connectivity index (χ1v) is 11.4. The summed E-state index contributed by atoms with van der Waals surface area (Å²) in [5.74, 6) is 0.889. The Balaban J connectivity index is 2.05. The number of hydrogen-bond donors (Lipinski definition) is 1. The second kappa shape index (κ2) is 11.9. The lowest BCUT2D eigenvalue weighted by Gasteiger charge is -2.29. The summed E-state index contributed by atoms with van der Waals surface area (Å²) < 4.78 is 0. The summed E-state index contributed by atoms with van der Waals surface area (Å²) in [5, 5.41) is 3.60. The Morgan fingerprint density at radius 3 is 2.48 bits per heavy atom. The average molecular weight is 433 g/mol. The highest BCUT2D eigenvalue weighted by Crippen LogP contribution is 2.18. The molecule has 2 aromatic rings. The fourth-order valence-corrected chi connectivity index (χ4v) is 3.87. The van der Waals surface area contributed by atoms with Gasteiger partial charge in [0.05, 0.1) is 5.75 Å². The molecular formula is C23H29ClN2O2S. The van der Waals surface area contributed by atoms with Gasteiger partial charge in [-0.05, 0) is 49.1 Å². The quantitative estimate of drug-likeness (QED) is 0.585. The van der Waals surface area contributed by atoms with Gasteiger partial charge >= 0.3 is 0 Å². The van der Waals surface area contributed by atoms with E-state index < -0.39 is 6.04 Å². The van der Waals surface area contributed by atoms with E-state index in [9.17, 15) is 9.59 Å². The highest BCUT2D eigenvalue weighted by molar-refractivity contribution is 7.99. The van der Waals surface area contributed by atoms with Crippen LogP contribution >= 0.6 is 23.4 Å². The van der Waals surface area contributed by atoms with Crippen LogP contribution in [0.2, 0.25) is 5.02 Å². The molecule has 0 unspecified atom stereocenters. The Morgan fingerprint density at radius 2 is 1.83 bits per heavy atom. The van der Waals surface area contributed by atoms with Crippen LogP contribution in [0.3, 0.4) is 0 Å². The number of rotatable bonds is 10. The number of aryl methyl sites for hydroxylation is 1. The molecule has 1 atom stereocenters. The molecule has 0 fully saturated rings. The lowest BCUT2D eigenvalue weighted by molar-refractivity contribution is -0.138. The summed E-state index contributed by atoms with van der Waals surface area (Å²) in [4.78, 5) is 27.2. The largest absolute Gasteiger partial charge is 0.354 e. The van der Waals surface area contributed by atoms with Gasteiger partial charge in [-0.3, -0.25) is 9.59 Å². The van der Waals surface area contributed by atoms with E-state index in [0.717, 1.165) is 28.9 Å². The lowest BCUT2D eigenvalue weighted by atomic mass is 10.1. The highest BCUT2D eigenvalue weighted by Gasteiger charge is 2.26. The third kappa shape index (κ3) is 7.41. The van der Waals surface area contributed by atoms with Gasteiger partial charge in [0.1, 0.15) is 6.04 Å². The van der Waals surface area contributed by atoms with Crippen molar-refractivity contribution in [1.82, 2.24) is 10.2 Å². The van der Waals surface area contributed by atoms with Crippen LogP contribution in [0, 0.1) is 6.92 Å². The van der Waals surface area contributed by atoms with Gasteiger partial charge in [-0.25, -0.2) is 0 Å². The molecule has 0 aliphatic rings. The minimum atomic E-state index is -0.523. The van der Waals surface area contributed by atoms with Gasteiger partial charge in [-0.1, -0.05) is 54.9 Å². The predicted octanol–water partition coefficient (Wildman–Crippen LogP) is 4.83. The maximum atomic E-state index is 13.0. The Morgan fingerprint density at radius 1 is 1.14 bits per heavy atom. The van der Waals surface area contributed by atoms with Gasteiger partial charge in [-0.15, -0.1) is 11.8 Å². The number of carbonyl (C=O) groups excluding carboxylic acids is 2. The maximum Gasteiger partial charge on any atom is 0.242 e. The zero-order chi connectivity index (χ0) is 21.2. The molecule has 0 heterocycles. The fourth-order valence-electron chi connectivity index (χ4n) is 2.87. The number of benzene rings is 2. The first kappa shape index (κ1) is 23.3. The second-order valence-electron chi connectivity index (χ2n) is 7.03. The molecule has 0 aliphatic heterocycles. The molecule has 0 saturated heterocycles. The van der Waals surface area contributed by atoms with Crippen LogP contribution in [0.15, 0.2) is 48.5 Å². The predicted molar refractivity (Wildman–Crippen MR) is 122 cm³/mol. The van der Waals surface area contributed by atoms with E-state index in [-0.39, 0.29) is 11.8 Å². The first-order chi connectivity index (χ1) is 13.9. The van der Waals surface area contributed by atoms with Crippen LogP contribution in [0.25, 0.3) is 0 Å². The zero-order valence-electron chi connectivity index (χ0n) is 17.3. The molecule has 2 rings (SSSR count). The van der Waals surface area contributed by atoms with E-state index in [1.807, 2.05) is 62.4 Å². The molecule has 4 nitrogen and oxygen atoms in total. The van der Waals surface area contributed by atoms with Crippen LogP contribution in [-0.2, 0) is 21.9 Å². The van der Waals surface area contributed by atoms with Gasteiger partial charge in [-0.2, -0.15) is 0 Å². The Labute approximate surface area is 183 Å². The minimum Gasteiger partial charge on any atom is -0.354 e. The minimum absolute atomic E-state index is 0.0358. The number of hydrogen-bond acceptors (Lipinski definition) is 3. The second-order valence-corrected chi connectivity index (χ2v) is 8.46. The fraction of sp³-hybridized carbons (Fsp3) is 0.391. The molecule has 0 bridgehead atoms. The van der Waals surface area contributed by atoms with Crippen molar-refractivity contribution in [1.29, 1.82) is 0 Å². The van der Waals surface area contributed by atoms with Gasteiger partial charge in [0.15, 0.2) is 0 Å². The molecule has 29 heavy (non-hydrogen) atoms. The number of carbonyl (C=O) groups is 2. The van der Waals surface area contributed by atoms with Gasteiger partial charge < -0.3 is 10.2 Å². The van der Waals surface area contributed by atoms with Gasteiger partial charge in [0.25, 0.3) is 0 Å². The summed E-state index contributed by atoms with van der Waals surface area (Å²) in [6.07, 6.45) is 0.862. The SMILES string of the molecule is CCCNC(=O)[C@H](C)N(Cc1ccccc1C)C(=O)CSCc1ccc(Cl)cc1. The molecule has 0 saturated carbocycles. The zero-order valence-corrected chi connectivity index (χ0v) is 18.9. The topological polar surface area (TPSA) is 49.4 Å². The first-order valence-electron chi connectivity index (χ1n) is 9.86. The highest BCUT2D eigenvalue weighted by atomic mass is 35.5. The summed E-state index contributed by atoms with van der Waals surface area (Å²) in [7, 11) is 0. The molecule has 2 amide bonds. The summed E-state index contributed by atoms with van der Waals surface area (Å²) in [6, 6.07) is 15.1. The summed E-state index contributed by atoms with van der Waals surface area (Å²) in [5.41, 5.74) is 3.28. The van der Waals surface area contributed by atoms with E-state index in [4.69, 9.17) is 11.6 Å². The Hall–Kier alpha value is -1.98. The van der Waals surface area contributed by atoms with E-state index >= 15 is 0 Å². The summed E-state index contributed by atoms with van der Waals surface area (Å²) in [6.45, 7) is 6.86. The Bertz CT molecular complexity index is 811.